The van der Waals surface area contributed by atoms with Gasteiger partial charge in [-0.15, -0.1) is 0 Å². The largest absolute Gasteiger partial charge is 0.343 e. The number of carbonyl (C=O) groups is 2. The second-order valence-corrected chi connectivity index (χ2v) is 9.47. The number of halogens is 2. The van der Waals surface area contributed by atoms with Crippen molar-refractivity contribution in [2.45, 2.75) is 25.7 Å². The molecular weight excluding hydrogens is 426 g/mol. The molecule has 3 rings (SSSR count). The van der Waals surface area contributed by atoms with Crippen molar-refractivity contribution >= 4 is 27.4 Å². The van der Waals surface area contributed by atoms with Crippen molar-refractivity contribution in [1.29, 1.82) is 0 Å². The number of nitrogens with zero attached hydrogens (tertiary/aromatic N) is 1. The maximum Gasteiger partial charge on any atom is 0.229 e. The van der Waals surface area contributed by atoms with E-state index in [1.54, 1.807) is 29.2 Å². The summed E-state index contributed by atoms with van der Waals surface area (Å²) in [5.74, 6) is -2.59. The summed E-state index contributed by atoms with van der Waals surface area (Å²) >= 11 is 0. The van der Waals surface area contributed by atoms with E-state index < -0.39 is 21.7 Å². The highest BCUT2D eigenvalue weighted by molar-refractivity contribution is 7.92. The molecule has 1 heterocycles. The van der Waals surface area contributed by atoms with Gasteiger partial charge in [0.25, 0.3) is 0 Å². The number of piperidine rings is 1. The molecule has 0 unspecified atom stereocenters. The molecule has 2 aromatic rings. The predicted molar refractivity (Wildman–Crippen MR) is 113 cm³/mol. The minimum atomic E-state index is -3.33. The maximum atomic E-state index is 13.4. The lowest BCUT2D eigenvalue weighted by molar-refractivity contribution is -0.132. The molecular formula is C22H24F2N2O4S. The number of hydrogen-bond donors (Lipinski definition) is 1. The number of sulfonamides is 1. The van der Waals surface area contributed by atoms with Gasteiger partial charge in [0.15, 0.2) is 17.4 Å². The van der Waals surface area contributed by atoms with E-state index in [-0.39, 0.29) is 23.2 Å². The second kappa shape index (κ2) is 9.55. The summed E-state index contributed by atoms with van der Waals surface area (Å²) in [4.78, 5) is 26.8. The smallest absolute Gasteiger partial charge is 0.229 e. The zero-order valence-corrected chi connectivity index (χ0v) is 17.9. The van der Waals surface area contributed by atoms with Crippen molar-refractivity contribution in [2.24, 2.45) is 5.92 Å². The number of amides is 1. The summed E-state index contributed by atoms with van der Waals surface area (Å²) in [6.45, 7) is 0.881. The van der Waals surface area contributed by atoms with Crippen LogP contribution in [0.4, 0.5) is 14.5 Å². The normalized spacial score (nSPS) is 15.0. The van der Waals surface area contributed by atoms with E-state index in [0.29, 0.717) is 44.5 Å². The topological polar surface area (TPSA) is 83.6 Å². The van der Waals surface area contributed by atoms with Crippen LogP contribution in [-0.4, -0.2) is 44.4 Å². The van der Waals surface area contributed by atoms with Crippen LogP contribution in [0.2, 0.25) is 0 Å². The molecule has 31 heavy (non-hydrogen) atoms. The monoisotopic (exact) mass is 450 g/mol. The van der Waals surface area contributed by atoms with Gasteiger partial charge in [-0.2, -0.15) is 0 Å². The average Bonchev–Trinajstić information content (AvgIpc) is 2.73. The van der Waals surface area contributed by atoms with E-state index in [1.807, 2.05) is 0 Å². The number of rotatable bonds is 7. The van der Waals surface area contributed by atoms with Gasteiger partial charge in [-0.3, -0.25) is 14.3 Å². The molecule has 0 saturated carbocycles. The zero-order chi connectivity index (χ0) is 22.6. The molecule has 9 heteroatoms. The fourth-order valence-electron chi connectivity index (χ4n) is 3.64. The van der Waals surface area contributed by atoms with Crippen LogP contribution in [0.1, 0.15) is 35.2 Å². The Kier molecular flexibility index (Phi) is 7.04. The van der Waals surface area contributed by atoms with Crippen LogP contribution in [0, 0.1) is 17.6 Å². The first-order valence-electron chi connectivity index (χ1n) is 9.96. The number of anilines is 1. The van der Waals surface area contributed by atoms with Crippen LogP contribution in [0.5, 0.6) is 0 Å². The average molecular weight is 451 g/mol. The van der Waals surface area contributed by atoms with Crippen LogP contribution in [0.15, 0.2) is 42.5 Å². The van der Waals surface area contributed by atoms with Crippen LogP contribution in [-0.2, 0) is 21.2 Å². The highest BCUT2D eigenvalue weighted by Crippen LogP contribution is 2.23. The molecule has 1 aliphatic heterocycles. The van der Waals surface area contributed by atoms with Crippen LogP contribution < -0.4 is 4.72 Å². The molecule has 0 bridgehead atoms. The van der Waals surface area contributed by atoms with Crippen molar-refractivity contribution < 1.29 is 26.8 Å². The summed E-state index contributed by atoms with van der Waals surface area (Å²) in [6.07, 6.45) is 2.87. The lowest BCUT2D eigenvalue weighted by Gasteiger charge is -2.31. The van der Waals surface area contributed by atoms with E-state index in [4.69, 9.17) is 0 Å². The molecule has 1 saturated heterocycles. The van der Waals surface area contributed by atoms with E-state index >= 15 is 0 Å². The fraction of sp³-hybridized carbons (Fsp3) is 0.364. The van der Waals surface area contributed by atoms with Crippen molar-refractivity contribution in [1.82, 2.24) is 4.90 Å². The second-order valence-electron chi connectivity index (χ2n) is 7.72. The Hall–Kier alpha value is -2.81. The zero-order valence-electron chi connectivity index (χ0n) is 17.1. The summed E-state index contributed by atoms with van der Waals surface area (Å²) in [5.41, 5.74) is 1.53. The lowest BCUT2D eigenvalue weighted by atomic mass is 9.88. The Morgan fingerprint density at radius 2 is 1.68 bits per heavy atom. The van der Waals surface area contributed by atoms with E-state index in [0.717, 1.165) is 24.0 Å². The first-order valence-corrected chi connectivity index (χ1v) is 11.9. The lowest BCUT2D eigenvalue weighted by Crippen LogP contribution is -2.40. The van der Waals surface area contributed by atoms with Crippen LogP contribution in [0.25, 0.3) is 0 Å². The molecule has 0 atom stereocenters. The Bertz CT molecular complexity index is 1060. The number of hydrogen-bond acceptors (Lipinski definition) is 4. The van der Waals surface area contributed by atoms with Gasteiger partial charge in [0.1, 0.15) is 0 Å². The molecule has 1 fully saturated rings. The molecule has 0 aliphatic carbocycles. The third-order valence-electron chi connectivity index (χ3n) is 5.31. The van der Waals surface area contributed by atoms with Gasteiger partial charge in [0.05, 0.1) is 6.26 Å². The van der Waals surface area contributed by atoms with Crippen molar-refractivity contribution in [3.05, 3.63) is 65.2 Å². The maximum absolute atomic E-state index is 13.4. The molecule has 0 spiro atoms. The minimum Gasteiger partial charge on any atom is -0.343 e. The van der Waals surface area contributed by atoms with E-state index in [2.05, 4.69) is 4.72 Å². The third-order valence-corrected chi connectivity index (χ3v) is 5.91. The molecule has 0 aromatic heterocycles. The summed E-state index contributed by atoms with van der Waals surface area (Å²) in [7, 11) is -3.33. The summed E-state index contributed by atoms with van der Waals surface area (Å²) < 4.78 is 51.3. The summed E-state index contributed by atoms with van der Waals surface area (Å²) in [5, 5.41) is 0. The molecule has 0 radical (unpaired) electrons. The van der Waals surface area contributed by atoms with E-state index in [1.165, 1.54) is 6.07 Å². The predicted octanol–water partition coefficient (Wildman–Crippen LogP) is 3.39. The van der Waals surface area contributed by atoms with Gasteiger partial charge < -0.3 is 4.90 Å². The molecule has 1 aliphatic rings. The van der Waals surface area contributed by atoms with Crippen LogP contribution in [0.3, 0.4) is 0 Å². The van der Waals surface area contributed by atoms with E-state index in [9.17, 15) is 26.8 Å². The minimum absolute atomic E-state index is 0.0166. The SMILES string of the molecule is CS(=O)(=O)Nc1ccc(CCC(=O)N2CCC(C(=O)c3ccc(F)c(F)c3)CC2)cc1. The van der Waals surface area contributed by atoms with Gasteiger partial charge in [-0.25, -0.2) is 17.2 Å². The van der Waals surface area contributed by atoms with Crippen molar-refractivity contribution in [3.8, 4) is 0 Å². The molecule has 1 amide bonds. The van der Waals surface area contributed by atoms with Gasteiger partial charge in [-0.05, 0) is 55.2 Å². The number of Topliss-reactive ketones (excluding diaryl/α,β-unsaturated/α-hetero) is 1. The van der Waals surface area contributed by atoms with Crippen LogP contribution >= 0.6 is 0 Å². The standard InChI is InChI=1S/C22H24F2N2O4S/c1-31(29,30)25-18-6-2-15(3-7-18)4-9-21(27)26-12-10-16(11-13-26)22(28)17-5-8-19(23)20(24)14-17/h2-3,5-8,14,16,25H,4,9-13H2,1H3. The quantitative estimate of drug-likeness (QED) is 0.656. The van der Waals surface area contributed by atoms with Gasteiger partial charge >= 0.3 is 0 Å². The number of carbonyl (C=O) groups excluding carboxylic acids is 2. The molecule has 2 aromatic carbocycles. The number of nitrogens with one attached hydrogen (secondary N) is 1. The number of likely N-dealkylation sites (tertiary alicyclic amines) is 1. The van der Waals surface area contributed by atoms with Crippen molar-refractivity contribution in [3.63, 3.8) is 0 Å². The first-order chi connectivity index (χ1) is 14.6. The van der Waals surface area contributed by atoms with Gasteiger partial charge in [0.2, 0.25) is 15.9 Å². The Balaban J connectivity index is 1.47. The first kappa shape index (κ1) is 22.9. The fourth-order valence-corrected chi connectivity index (χ4v) is 4.20. The van der Waals surface area contributed by atoms with Gasteiger partial charge in [-0.1, -0.05) is 12.1 Å². The number of ketones is 1. The van der Waals surface area contributed by atoms with Gasteiger partial charge in [0, 0.05) is 36.7 Å². The van der Waals surface area contributed by atoms with Crippen molar-refractivity contribution in [2.75, 3.05) is 24.1 Å². The molecule has 1 N–H and O–H groups in total. The molecule has 166 valence electrons. The number of benzene rings is 2. The number of aryl methyl sites for hydroxylation is 1. The Labute approximate surface area is 180 Å². The third kappa shape index (κ3) is 6.33. The summed E-state index contributed by atoms with van der Waals surface area (Å²) in [6, 6.07) is 10.00. The highest BCUT2D eigenvalue weighted by Gasteiger charge is 2.28. The molecule has 6 nitrogen and oxygen atoms in total. The Morgan fingerprint density at radius 1 is 1.03 bits per heavy atom. The Morgan fingerprint density at radius 3 is 2.26 bits per heavy atom. The highest BCUT2D eigenvalue weighted by atomic mass is 32.2.